The molecule has 0 atom stereocenters. The highest BCUT2D eigenvalue weighted by Gasteiger charge is 2.38. The summed E-state index contributed by atoms with van der Waals surface area (Å²) >= 11 is 0. The smallest absolute Gasteiger partial charge is 0.435 e. The molecule has 0 bridgehead atoms. The molecule has 8 nitrogen and oxygen atoms in total. The van der Waals surface area contributed by atoms with E-state index in [0.29, 0.717) is 31.9 Å². The van der Waals surface area contributed by atoms with Gasteiger partial charge in [-0.25, -0.2) is 22.8 Å². The summed E-state index contributed by atoms with van der Waals surface area (Å²) in [5.74, 6) is -0.758. The maximum atomic E-state index is 14.3. The lowest BCUT2D eigenvalue weighted by Crippen LogP contribution is -2.36. The molecule has 1 fully saturated rings. The number of aromatic nitrogens is 4. The zero-order chi connectivity index (χ0) is 26.1. The fourth-order valence-corrected chi connectivity index (χ4v) is 4.60. The van der Waals surface area contributed by atoms with E-state index < -0.39 is 34.1 Å². The first-order chi connectivity index (χ1) is 17.0. The van der Waals surface area contributed by atoms with Crippen molar-refractivity contribution in [3.63, 3.8) is 0 Å². The van der Waals surface area contributed by atoms with E-state index in [4.69, 9.17) is 4.74 Å². The summed E-state index contributed by atoms with van der Waals surface area (Å²) < 4.78 is 85.0. The van der Waals surface area contributed by atoms with Crippen LogP contribution in [-0.4, -0.2) is 47.5 Å². The largest absolute Gasteiger partial charge is 0.486 e. The molecule has 4 rings (SSSR count). The van der Waals surface area contributed by atoms with Gasteiger partial charge in [-0.3, -0.25) is 4.68 Å². The second-order valence-corrected chi connectivity index (χ2v) is 10.6. The van der Waals surface area contributed by atoms with Crippen LogP contribution in [0.5, 0.6) is 5.75 Å². The van der Waals surface area contributed by atoms with Crippen molar-refractivity contribution in [1.82, 2.24) is 19.7 Å². The monoisotopic (exact) mass is 527 g/mol. The van der Waals surface area contributed by atoms with Crippen LogP contribution < -0.4 is 9.64 Å². The number of nitrogens with zero attached hydrogens (tertiary/aromatic N) is 5. The summed E-state index contributed by atoms with van der Waals surface area (Å²) in [5, 5.41) is 3.80. The van der Waals surface area contributed by atoms with Crippen molar-refractivity contribution >= 4 is 15.8 Å². The normalized spacial score (nSPS) is 15.3. The van der Waals surface area contributed by atoms with E-state index in [1.54, 1.807) is 12.4 Å². The molecule has 0 N–H and O–H groups in total. The minimum atomic E-state index is -4.72. The maximum Gasteiger partial charge on any atom is 0.435 e. The Labute approximate surface area is 205 Å². The van der Waals surface area contributed by atoms with E-state index in [2.05, 4.69) is 15.1 Å². The maximum absolute atomic E-state index is 14.3. The molecule has 1 aliphatic heterocycles. The molecule has 1 saturated heterocycles. The third-order valence-electron chi connectivity index (χ3n) is 6.01. The fourth-order valence-electron chi connectivity index (χ4n) is 3.97. The predicted octanol–water partition coefficient (Wildman–Crippen LogP) is 4.22. The molecule has 1 aliphatic rings. The standard InChI is InChI=1S/C23H25F4N5O3S/c1-3-15-11-28-22(29-12-15)31-8-6-17(7-9-31)32-13-16(21(30-32)23(25,26)27)14-35-20-5-4-18(10-19(20)24)36(2,33)34/h4-5,10-13,17H,3,6-9,14H2,1-2H3. The molecular weight excluding hydrogens is 502 g/mol. The minimum absolute atomic E-state index is 0.241. The van der Waals surface area contributed by atoms with Crippen molar-refractivity contribution in [2.45, 2.75) is 49.9 Å². The Kier molecular flexibility index (Phi) is 7.21. The van der Waals surface area contributed by atoms with Gasteiger partial charge in [0.05, 0.1) is 10.9 Å². The van der Waals surface area contributed by atoms with Gasteiger partial charge in [0, 0.05) is 43.5 Å². The first kappa shape index (κ1) is 25.9. The molecule has 0 spiro atoms. The molecule has 13 heteroatoms. The van der Waals surface area contributed by atoms with Gasteiger partial charge in [0.25, 0.3) is 0 Å². The number of ether oxygens (including phenoxy) is 1. The lowest BCUT2D eigenvalue weighted by Gasteiger charge is -2.32. The van der Waals surface area contributed by atoms with Crippen LogP contribution >= 0.6 is 0 Å². The van der Waals surface area contributed by atoms with E-state index in [1.165, 1.54) is 10.9 Å². The summed E-state index contributed by atoms with van der Waals surface area (Å²) in [4.78, 5) is 10.5. The Morgan fingerprint density at radius 3 is 2.36 bits per heavy atom. The van der Waals surface area contributed by atoms with Gasteiger partial charge in [0.2, 0.25) is 5.95 Å². The van der Waals surface area contributed by atoms with Gasteiger partial charge in [-0.05, 0) is 43.0 Å². The van der Waals surface area contributed by atoms with Crippen LogP contribution in [0.15, 0.2) is 41.7 Å². The lowest BCUT2D eigenvalue weighted by atomic mass is 10.1. The van der Waals surface area contributed by atoms with Gasteiger partial charge in [-0.1, -0.05) is 6.92 Å². The van der Waals surface area contributed by atoms with Crippen LogP contribution in [0.3, 0.4) is 0 Å². The molecule has 0 aliphatic carbocycles. The zero-order valence-electron chi connectivity index (χ0n) is 19.7. The van der Waals surface area contributed by atoms with E-state index in [0.717, 1.165) is 36.4 Å². The fraction of sp³-hybridized carbons (Fsp3) is 0.435. The number of benzene rings is 1. The van der Waals surface area contributed by atoms with Gasteiger partial charge in [0.1, 0.15) is 6.61 Å². The molecule has 36 heavy (non-hydrogen) atoms. The minimum Gasteiger partial charge on any atom is -0.486 e. The van der Waals surface area contributed by atoms with Crippen molar-refractivity contribution in [2.24, 2.45) is 0 Å². The van der Waals surface area contributed by atoms with Crippen LogP contribution in [0.25, 0.3) is 0 Å². The second-order valence-electron chi connectivity index (χ2n) is 8.60. The average Bonchev–Trinajstić information content (AvgIpc) is 3.28. The van der Waals surface area contributed by atoms with Gasteiger partial charge in [0.15, 0.2) is 27.1 Å². The number of sulfone groups is 1. The van der Waals surface area contributed by atoms with Gasteiger partial charge in [-0.15, -0.1) is 0 Å². The van der Waals surface area contributed by atoms with E-state index in [9.17, 15) is 26.0 Å². The average molecular weight is 528 g/mol. The van der Waals surface area contributed by atoms with Crippen molar-refractivity contribution in [1.29, 1.82) is 0 Å². The van der Waals surface area contributed by atoms with E-state index in [1.807, 2.05) is 11.8 Å². The van der Waals surface area contributed by atoms with Crippen LogP contribution in [0.1, 0.15) is 42.6 Å². The Hall–Kier alpha value is -3.22. The number of halogens is 4. The van der Waals surface area contributed by atoms with Gasteiger partial charge < -0.3 is 9.64 Å². The first-order valence-electron chi connectivity index (χ1n) is 11.3. The third-order valence-corrected chi connectivity index (χ3v) is 7.12. The van der Waals surface area contributed by atoms with E-state index in [-0.39, 0.29) is 22.3 Å². The highest BCUT2D eigenvalue weighted by Crippen LogP contribution is 2.34. The number of hydrogen-bond donors (Lipinski definition) is 0. The number of piperidine rings is 1. The summed E-state index contributed by atoms with van der Waals surface area (Å²) in [6.45, 7) is 2.54. The number of aryl methyl sites for hydroxylation is 1. The number of alkyl halides is 3. The van der Waals surface area contributed by atoms with Crippen molar-refractivity contribution in [3.05, 3.63) is 59.4 Å². The van der Waals surface area contributed by atoms with Crippen LogP contribution in [0.4, 0.5) is 23.5 Å². The number of hydrogen-bond acceptors (Lipinski definition) is 7. The molecule has 0 amide bonds. The Morgan fingerprint density at radius 2 is 1.81 bits per heavy atom. The molecule has 3 aromatic rings. The summed E-state index contributed by atoms with van der Waals surface area (Å²) in [6, 6.07) is 2.71. The molecule has 3 heterocycles. The topological polar surface area (TPSA) is 90.2 Å². The highest BCUT2D eigenvalue weighted by atomic mass is 32.2. The van der Waals surface area contributed by atoms with E-state index >= 15 is 0 Å². The Balaban J connectivity index is 1.47. The van der Waals surface area contributed by atoms with Crippen LogP contribution in [-0.2, 0) is 29.0 Å². The molecule has 194 valence electrons. The Bertz CT molecular complexity index is 1320. The molecule has 0 radical (unpaired) electrons. The van der Waals surface area contributed by atoms with Gasteiger partial charge >= 0.3 is 6.18 Å². The molecular formula is C23H25F4N5O3S. The Morgan fingerprint density at radius 1 is 1.14 bits per heavy atom. The number of anilines is 1. The van der Waals surface area contributed by atoms with Crippen LogP contribution in [0, 0.1) is 5.82 Å². The lowest BCUT2D eigenvalue weighted by molar-refractivity contribution is -0.142. The van der Waals surface area contributed by atoms with Crippen molar-refractivity contribution in [2.75, 3.05) is 24.2 Å². The molecule has 1 aromatic carbocycles. The highest BCUT2D eigenvalue weighted by molar-refractivity contribution is 7.90. The quantitative estimate of drug-likeness (QED) is 0.425. The SMILES string of the molecule is CCc1cnc(N2CCC(n3cc(COc4ccc(S(C)(=O)=O)cc4F)c(C(F)(F)F)n3)CC2)nc1. The zero-order valence-corrected chi connectivity index (χ0v) is 20.5. The molecule has 2 aromatic heterocycles. The van der Waals surface area contributed by atoms with Crippen LogP contribution in [0.2, 0.25) is 0 Å². The first-order valence-corrected chi connectivity index (χ1v) is 13.2. The third kappa shape index (κ3) is 5.77. The summed E-state index contributed by atoms with van der Waals surface area (Å²) in [7, 11) is -3.64. The second kappa shape index (κ2) is 10.0. The predicted molar refractivity (Wildman–Crippen MR) is 123 cm³/mol. The van der Waals surface area contributed by atoms with Gasteiger partial charge in [-0.2, -0.15) is 18.3 Å². The van der Waals surface area contributed by atoms with Crippen molar-refractivity contribution in [3.8, 4) is 5.75 Å². The summed E-state index contributed by atoms with van der Waals surface area (Å²) in [6.07, 6.45) is 2.92. The molecule has 0 saturated carbocycles. The summed E-state index contributed by atoms with van der Waals surface area (Å²) in [5.41, 5.74) is -0.322. The van der Waals surface area contributed by atoms with Crippen molar-refractivity contribution < 1.29 is 30.7 Å². The number of rotatable bonds is 7. The molecule has 0 unspecified atom stereocenters.